The highest BCUT2D eigenvalue weighted by atomic mass is 16.3. The molecule has 0 amide bonds. The molecule has 0 atom stereocenters. The Hall–Kier alpha value is -8.21. The van der Waals surface area contributed by atoms with Crippen molar-refractivity contribution in [2.45, 2.75) is 19.3 Å². The van der Waals surface area contributed by atoms with Gasteiger partial charge in [-0.2, -0.15) is 0 Å². The van der Waals surface area contributed by atoms with Crippen molar-refractivity contribution < 1.29 is 4.42 Å². The summed E-state index contributed by atoms with van der Waals surface area (Å²) in [6.45, 7) is 4.67. The molecule has 11 aromatic rings. The molecule has 0 saturated heterocycles. The largest absolute Gasteiger partial charge is 0.456 e. The van der Waals surface area contributed by atoms with E-state index in [1.165, 1.54) is 33.4 Å². The highest BCUT2D eigenvalue weighted by Gasteiger charge is 2.35. The second kappa shape index (κ2) is 15.0. The average Bonchev–Trinajstić information content (AvgIpc) is 3.85. The second-order valence-electron chi connectivity index (χ2n) is 17.2. The molecule has 0 N–H and O–H groups in total. The van der Waals surface area contributed by atoms with Crippen LogP contribution in [0, 0.1) is 0 Å². The Morgan fingerprint density at radius 1 is 0.312 bits per heavy atom. The van der Waals surface area contributed by atoms with Crippen LogP contribution in [0.5, 0.6) is 0 Å². The molecule has 302 valence electrons. The first-order valence-corrected chi connectivity index (χ1v) is 21.8. The molecule has 2 aromatic heterocycles. The summed E-state index contributed by atoms with van der Waals surface area (Å²) in [6.07, 6.45) is 0. The first kappa shape index (κ1) is 37.5. The van der Waals surface area contributed by atoms with Gasteiger partial charge in [0, 0.05) is 32.9 Å². The van der Waals surface area contributed by atoms with Gasteiger partial charge in [0.2, 0.25) is 0 Å². The molecule has 0 radical (unpaired) electrons. The van der Waals surface area contributed by atoms with E-state index < -0.39 is 0 Å². The van der Waals surface area contributed by atoms with Crippen LogP contribution in [-0.4, -0.2) is 15.0 Å². The maximum Gasteiger partial charge on any atom is 0.164 e. The van der Waals surface area contributed by atoms with E-state index in [-0.39, 0.29) is 5.41 Å². The molecule has 0 saturated carbocycles. The Bertz CT molecular complexity index is 3470. The van der Waals surface area contributed by atoms with Crippen LogP contribution in [0.3, 0.4) is 0 Å². The topological polar surface area (TPSA) is 51.8 Å². The Balaban J connectivity index is 0.958. The molecule has 1 aliphatic rings. The van der Waals surface area contributed by atoms with Crippen LogP contribution in [0.25, 0.3) is 112 Å². The number of hydrogen-bond donors (Lipinski definition) is 0. The van der Waals surface area contributed by atoms with Gasteiger partial charge in [-0.3, -0.25) is 0 Å². The van der Waals surface area contributed by atoms with Gasteiger partial charge < -0.3 is 4.42 Å². The van der Waals surface area contributed by atoms with Gasteiger partial charge in [0.05, 0.1) is 0 Å². The number of fused-ring (bicyclic) bond motifs is 6. The van der Waals surface area contributed by atoms with E-state index in [0.29, 0.717) is 17.5 Å². The quantitative estimate of drug-likeness (QED) is 0.161. The number of furan rings is 1. The van der Waals surface area contributed by atoms with Gasteiger partial charge in [-0.15, -0.1) is 0 Å². The van der Waals surface area contributed by atoms with Gasteiger partial charge in [-0.05, 0) is 103 Å². The number of hydrogen-bond acceptors (Lipinski definition) is 4. The van der Waals surface area contributed by atoms with Crippen molar-refractivity contribution in [3.8, 4) is 89.8 Å². The fourth-order valence-corrected chi connectivity index (χ4v) is 9.62. The fraction of sp³-hybridized carbons (Fsp3) is 0.0500. The summed E-state index contributed by atoms with van der Waals surface area (Å²) in [6, 6.07) is 75.0. The standard InChI is InChI=1S/C60H41N3O/c1-60(2)52-24-10-9-22-48(52)49-32-30-45(37-53(49)60)41-28-26-40(27-29-41)44-31-33-54-51(36-44)56-50(23-13-25-55(56)64-54)59-62-57(46-20-11-18-42(34-46)38-14-5-3-6-15-38)61-58(63-59)47-21-12-19-43(35-47)39-16-7-4-8-17-39/h3-37H,1-2H3. The first-order valence-electron chi connectivity index (χ1n) is 21.8. The summed E-state index contributed by atoms with van der Waals surface area (Å²) in [5.41, 5.74) is 18.8. The molecule has 0 spiro atoms. The molecule has 64 heavy (non-hydrogen) atoms. The molecular weight excluding hydrogens is 779 g/mol. The lowest BCUT2D eigenvalue weighted by Crippen LogP contribution is -2.14. The summed E-state index contributed by atoms with van der Waals surface area (Å²) < 4.78 is 6.55. The van der Waals surface area contributed by atoms with Crippen molar-refractivity contribution >= 4 is 21.9 Å². The Morgan fingerprint density at radius 3 is 1.42 bits per heavy atom. The zero-order chi connectivity index (χ0) is 42.8. The molecule has 12 rings (SSSR count). The van der Waals surface area contributed by atoms with Crippen LogP contribution in [0.15, 0.2) is 217 Å². The third kappa shape index (κ3) is 6.42. The minimum absolute atomic E-state index is 0.0468. The number of benzene rings is 9. The summed E-state index contributed by atoms with van der Waals surface area (Å²) in [4.78, 5) is 15.7. The number of aromatic nitrogens is 3. The molecule has 0 fully saturated rings. The Morgan fingerprint density at radius 2 is 0.766 bits per heavy atom. The first-order chi connectivity index (χ1) is 31.4. The van der Waals surface area contributed by atoms with Crippen molar-refractivity contribution in [1.29, 1.82) is 0 Å². The third-order valence-corrected chi connectivity index (χ3v) is 13.0. The summed E-state index contributed by atoms with van der Waals surface area (Å²) in [7, 11) is 0. The van der Waals surface area contributed by atoms with Gasteiger partial charge in [-0.25, -0.2) is 15.0 Å². The molecule has 4 nitrogen and oxygen atoms in total. The summed E-state index contributed by atoms with van der Waals surface area (Å²) in [5, 5.41) is 1.98. The maximum atomic E-state index is 6.55. The predicted octanol–water partition coefficient (Wildman–Crippen LogP) is 15.7. The Labute approximate surface area is 372 Å². The van der Waals surface area contributed by atoms with Crippen molar-refractivity contribution in [3.05, 3.63) is 223 Å². The van der Waals surface area contributed by atoms with Crippen molar-refractivity contribution in [1.82, 2.24) is 15.0 Å². The molecule has 2 heterocycles. The van der Waals surface area contributed by atoms with E-state index in [1.807, 2.05) is 24.3 Å². The summed E-state index contributed by atoms with van der Waals surface area (Å²) >= 11 is 0. The van der Waals surface area contributed by atoms with Gasteiger partial charge in [-0.1, -0.05) is 190 Å². The Kier molecular flexibility index (Phi) is 8.80. The minimum Gasteiger partial charge on any atom is -0.456 e. The molecule has 0 unspecified atom stereocenters. The van der Waals surface area contributed by atoms with Crippen molar-refractivity contribution in [2.75, 3.05) is 0 Å². The lowest BCUT2D eigenvalue weighted by atomic mass is 9.81. The summed E-state index contributed by atoms with van der Waals surface area (Å²) in [5.74, 6) is 1.79. The van der Waals surface area contributed by atoms with E-state index in [2.05, 4.69) is 202 Å². The van der Waals surface area contributed by atoms with Gasteiger partial charge in [0.25, 0.3) is 0 Å². The molecule has 9 aromatic carbocycles. The van der Waals surface area contributed by atoms with Crippen LogP contribution in [0.4, 0.5) is 0 Å². The second-order valence-corrected chi connectivity index (χ2v) is 17.2. The van der Waals surface area contributed by atoms with Gasteiger partial charge in [0.1, 0.15) is 11.2 Å². The van der Waals surface area contributed by atoms with Crippen LogP contribution in [-0.2, 0) is 5.41 Å². The molecule has 0 bridgehead atoms. The predicted molar refractivity (Wildman–Crippen MR) is 263 cm³/mol. The van der Waals surface area contributed by atoms with E-state index in [4.69, 9.17) is 19.4 Å². The van der Waals surface area contributed by atoms with Crippen molar-refractivity contribution in [3.63, 3.8) is 0 Å². The number of rotatable bonds is 7. The zero-order valence-electron chi connectivity index (χ0n) is 35.5. The van der Waals surface area contributed by atoms with Crippen LogP contribution < -0.4 is 0 Å². The van der Waals surface area contributed by atoms with Gasteiger partial charge in [0.15, 0.2) is 17.5 Å². The monoisotopic (exact) mass is 819 g/mol. The average molecular weight is 820 g/mol. The lowest BCUT2D eigenvalue weighted by molar-refractivity contribution is 0.660. The molecule has 4 heteroatoms. The fourth-order valence-electron chi connectivity index (χ4n) is 9.62. The number of nitrogens with zero attached hydrogens (tertiary/aromatic N) is 3. The van der Waals surface area contributed by atoms with Crippen molar-refractivity contribution in [2.24, 2.45) is 0 Å². The maximum absolute atomic E-state index is 6.55. The molecule has 1 aliphatic carbocycles. The SMILES string of the molecule is CC1(C)c2ccccc2-c2ccc(-c3ccc(-c4ccc5oc6cccc(-c7nc(-c8cccc(-c9ccccc9)c8)nc(-c8cccc(-c9ccccc9)c8)n7)c6c5c4)cc3)cc21. The van der Waals surface area contributed by atoms with Crippen LogP contribution >= 0.6 is 0 Å². The van der Waals surface area contributed by atoms with Crippen LogP contribution in [0.2, 0.25) is 0 Å². The van der Waals surface area contributed by atoms with E-state index in [9.17, 15) is 0 Å². The minimum atomic E-state index is -0.0468. The smallest absolute Gasteiger partial charge is 0.164 e. The lowest BCUT2D eigenvalue weighted by Gasteiger charge is -2.22. The molecular formula is C60H41N3O. The van der Waals surface area contributed by atoms with E-state index in [0.717, 1.165) is 72.0 Å². The highest BCUT2D eigenvalue weighted by Crippen LogP contribution is 2.49. The van der Waals surface area contributed by atoms with Crippen LogP contribution in [0.1, 0.15) is 25.0 Å². The zero-order valence-corrected chi connectivity index (χ0v) is 35.5. The molecule has 0 aliphatic heterocycles. The highest BCUT2D eigenvalue weighted by molar-refractivity contribution is 6.12. The normalized spacial score (nSPS) is 12.7. The third-order valence-electron chi connectivity index (χ3n) is 13.0. The van der Waals surface area contributed by atoms with E-state index >= 15 is 0 Å². The van der Waals surface area contributed by atoms with Gasteiger partial charge >= 0.3 is 0 Å². The van der Waals surface area contributed by atoms with E-state index in [1.54, 1.807) is 0 Å².